The number of imidazole rings is 1. The van der Waals surface area contributed by atoms with Gasteiger partial charge in [0.05, 0.1) is 51.9 Å². The molecule has 0 radical (unpaired) electrons. The summed E-state index contributed by atoms with van der Waals surface area (Å²) in [5.41, 5.74) is 7.48. The number of fused-ring (bicyclic) bond motifs is 1. The van der Waals surface area contributed by atoms with Crippen LogP contribution in [0.3, 0.4) is 0 Å². The molecule has 1 aliphatic rings. The Bertz CT molecular complexity index is 1580. The molecule has 1 fully saturated rings. The van der Waals surface area contributed by atoms with E-state index in [9.17, 15) is 5.26 Å². The van der Waals surface area contributed by atoms with Crippen LogP contribution in [0.1, 0.15) is 50.3 Å². The van der Waals surface area contributed by atoms with Crippen molar-refractivity contribution in [3.63, 3.8) is 0 Å². The minimum absolute atomic E-state index is 0.220. The number of pyridine rings is 1. The van der Waals surface area contributed by atoms with Crippen molar-refractivity contribution in [3.8, 4) is 28.7 Å². The number of hydrogen-bond donors (Lipinski definition) is 1. The highest BCUT2D eigenvalue weighted by Crippen LogP contribution is 2.35. The van der Waals surface area contributed by atoms with Crippen molar-refractivity contribution < 1.29 is 0 Å². The lowest BCUT2D eigenvalue weighted by Gasteiger charge is -2.28. The highest BCUT2D eigenvalue weighted by molar-refractivity contribution is 5.92. The standard InChI is InChI=1S/C29H27N7/c1-19(2)29-28-26(35-17-24(32-18-35)21-6-5-13-31-16-21)9-4-10-27(28)36(34-29)25-12-11-20(15-30)14-23(25)33-22-7-3-8-22/h4-6,9-14,16-19,22,33H,3,7-8H2,1-2H3. The molecular weight excluding hydrogens is 446 g/mol. The van der Waals surface area contributed by atoms with Gasteiger partial charge in [0.15, 0.2) is 0 Å². The molecule has 5 aromatic rings. The predicted molar refractivity (Wildman–Crippen MR) is 141 cm³/mol. The third-order valence-electron chi connectivity index (χ3n) is 6.90. The topological polar surface area (TPSA) is 84.4 Å². The van der Waals surface area contributed by atoms with Crippen LogP contribution in [-0.2, 0) is 0 Å². The van der Waals surface area contributed by atoms with Crippen LogP contribution in [0.2, 0.25) is 0 Å². The van der Waals surface area contributed by atoms with E-state index >= 15 is 0 Å². The maximum atomic E-state index is 9.51. The second-order valence-corrected chi connectivity index (χ2v) is 9.65. The molecule has 7 nitrogen and oxygen atoms in total. The fourth-order valence-electron chi connectivity index (χ4n) is 4.78. The minimum atomic E-state index is 0.220. The van der Waals surface area contributed by atoms with E-state index in [1.807, 2.05) is 53.7 Å². The highest BCUT2D eigenvalue weighted by Gasteiger charge is 2.23. The zero-order chi connectivity index (χ0) is 24.6. The van der Waals surface area contributed by atoms with E-state index in [2.05, 4.69) is 58.0 Å². The van der Waals surface area contributed by atoms with E-state index in [-0.39, 0.29) is 5.92 Å². The van der Waals surface area contributed by atoms with Crippen molar-refractivity contribution in [2.45, 2.75) is 45.1 Å². The zero-order valence-corrected chi connectivity index (χ0v) is 20.4. The Hall–Kier alpha value is -4.44. The van der Waals surface area contributed by atoms with Gasteiger partial charge in [0, 0.05) is 35.6 Å². The van der Waals surface area contributed by atoms with Crippen molar-refractivity contribution in [1.82, 2.24) is 24.3 Å². The Morgan fingerprint density at radius 1 is 1.08 bits per heavy atom. The molecule has 0 saturated heterocycles. The summed E-state index contributed by atoms with van der Waals surface area (Å²) < 4.78 is 4.09. The normalized spacial score (nSPS) is 13.6. The third kappa shape index (κ3) is 3.81. The molecule has 178 valence electrons. The molecule has 3 aromatic heterocycles. The van der Waals surface area contributed by atoms with E-state index in [0.29, 0.717) is 11.6 Å². The van der Waals surface area contributed by atoms with Crippen LogP contribution >= 0.6 is 0 Å². The van der Waals surface area contributed by atoms with Crippen molar-refractivity contribution in [3.05, 3.63) is 84.7 Å². The first kappa shape index (κ1) is 22.1. The second kappa shape index (κ2) is 8.97. The molecular formula is C29H27N7. The maximum absolute atomic E-state index is 9.51. The van der Waals surface area contributed by atoms with Gasteiger partial charge in [-0.3, -0.25) is 4.98 Å². The van der Waals surface area contributed by atoms with Crippen LogP contribution in [0, 0.1) is 11.3 Å². The number of anilines is 1. The van der Waals surface area contributed by atoms with Gasteiger partial charge in [-0.1, -0.05) is 19.9 Å². The molecule has 0 unspecified atom stereocenters. The first-order valence-corrected chi connectivity index (χ1v) is 12.4. The molecule has 0 spiro atoms. The molecule has 36 heavy (non-hydrogen) atoms. The van der Waals surface area contributed by atoms with E-state index in [1.165, 1.54) is 6.42 Å². The van der Waals surface area contributed by atoms with E-state index < -0.39 is 0 Å². The molecule has 1 saturated carbocycles. The van der Waals surface area contributed by atoms with Crippen LogP contribution in [0.5, 0.6) is 0 Å². The number of rotatable bonds is 6. The number of nitrogens with one attached hydrogen (secondary N) is 1. The molecule has 0 amide bonds. The van der Waals surface area contributed by atoms with Crippen LogP contribution in [0.4, 0.5) is 5.69 Å². The summed E-state index contributed by atoms with van der Waals surface area (Å²) in [6, 6.07) is 18.7. The van der Waals surface area contributed by atoms with Crippen molar-refractivity contribution in [1.29, 1.82) is 5.26 Å². The van der Waals surface area contributed by atoms with Crippen molar-refractivity contribution >= 4 is 16.6 Å². The number of hydrogen-bond acceptors (Lipinski definition) is 5. The van der Waals surface area contributed by atoms with Crippen LogP contribution in [0.15, 0.2) is 73.4 Å². The summed E-state index contributed by atoms with van der Waals surface area (Å²) in [7, 11) is 0. The van der Waals surface area contributed by atoms with Gasteiger partial charge in [-0.25, -0.2) is 9.67 Å². The van der Waals surface area contributed by atoms with Crippen LogP contribution in [0.25, 0.3) is 33.5 Å². The molecule has 1 N–H and O–H groups in total. The van der Waals surface area contributed by atoms with Gasteiger partial charge in [0.2, 0.25) is 0 Å². The van der Waals surface area contributed by atoms with Crippen LogP contribution in [-0.4, -0.2) is 30.4 Å². The van der Waals surface area contributed by atoms with Gasteiger partial charge in [-0.2, -0.15) is 10.4 Å². The summed E-state index contributed by atoms with van der Waals surface area (Å²) in [4.78, 5) is 8.88. The molecule has 6 rings (SSSR count). The first-order chi connectivity index (χ1) is 17.6. The van der Waals surface area contributed by atoms with Gasteiger partial charge in [-0.15, -0.1) is 0 Å². The Morgan fingerprint density at radius 3 is 2.69 bits per heavy atom. The maximum Gasteiger partial charge on any atom is 0.0999 e. The van der Waals surface area contributed by atoms with Gasteiger partial charge in [-0.05, 0) is 67.6 Å². The fourth-order valence-corrected chi connectivity index (χ4v) is 4.78. The predicted octanol–water partition coefficient (Wildman–Crippen LogP) is 6.23. The average Bonchev–Trinajstić information content (AvgIpc) is 3.52. The summed E-state index contributed by atoms with van der Waals surface area (Å²) in [6.45, 7) is 4.34. The monoisotopic (exact) mass is 473 g/mol. The SMILES string of the molecule is CC(C)c1nn(-c2ccc(C#N)cc2NC2CCC2)c2cccc(-n3cnc(-c4cccnc4)c3)c12. The summed E-state index contributed by atoms with van der Waals surface area (Å²) in [6.07, 6.45) is 11.0. The fraction of sp³-hybridized carbons (Fsp3) is 0.241. The number of benzene rings is 2. The molecule has 2 aromatic carbocycles. The molecule has 7 heteroatoms. The molecule has 3 heterocycles. The Balaban J connectivity index is 1.52. The largest absolute Gasteiger partial charge is 0.381 e. The molecule has 1 aliphatic carbocycles. The van der Waals surface area contributed by atoms with Gasteiger partial charge < -0.3 is 9.88 Å². The Morgan fingerprint density at radius 2 is 1.97 bits per heavy atom. The third-order valence-corrected chi connectivity index (χ3v) is 6.90. The minimum Gasteiger partial charge on any atom is -0.381 e. The van der Waals surface area contributed by atoms with Gasteiger partial charge in [0.1, 0.15) is 0 Å². The van der Waals surface area contributed by atoms with Crippen molar-refractivity contribution in [2.75, 3.05) is 5.32 Å². The van der Waals surface area contributed by atoms with E-state index in [1.54, 1.807) is 6.20 Å². The van der Waals surface area contributed by atoms with Gasteiger partial charge >= 0.3 is 0 Å². The van der Waals surface area contributed by atoms with Crippen LogP contribution < -0.4 is 5.32 Å². The quantitative estimate of drug-likeness (QED) is 0.316. The summed E-state index contributed by atoms with van der Waals surface area (Å²) >= 11 is 0. The molecule has 0 bridgehead atoms. The first-order valence-electron chi connectivity index (χ1n) is 12.4. The lowest BCUT2D eigenvalue weighted by atomic mass is 9.93. The van der Waals surface area contributed by atoms with E-state index in [0.717, 1.165) is 57.8 Å². The second-order valence-electron chi connectivity index (χ2n) is 9.65. The lowest BCUT2D eigenvalue weighted by Crippen LogP contribution is -2.27. The molecule has 0 aliphatic heterocycles. The Labute approximate surface area is 210 Å². The van der Waals surface area contributed by atoms with E-state index in [4.69, 9.17) is 5.10 Å². The Kier molecular flexibility index (Phi) is 5.49. The van der Waals surface area contributed by atoms with Gasteiger partial charge in [0.25, 0.3) is 0 Å². The highest BCUT2D eigenvalue weighted by atomic mass is 15.3. The smallest absolute Gasteiger partial charge is 0.0999 e. The number of nitriles is 1. The lowest BCUT2D eigenvalue weighted by molar-refractivity contribution is 0.445. The summed E-state index contributed by atoms with van der Waals surface area (Å²) in [5.74, 6) is 0.220. The zero-order valence-electron chi connectivity index (χ0n) is 20.4. The average molecular weight is 474 g/mol. The number of nitrogens with zero attached hydrogens (tertiary/aromatic N) is 6. The van der Waals surface area contributed by atoms with Crippen molar-refractivity contribution in [2.24, 2.45) is 0 Å². The summed E-state index contributed by atoms with van der Waals surface area (Å²) in [5, 5.41) is 19.4. The molecule has 0 atom stereocenters. The number of aromatic nitrogens is 5.